The van der Waals surface area contributed by atoms with Gasteiger partial charge in [-0.1, -0.05) is 106 Å². The van der Waals surface area contributed by atoms with Gasteiger partial charge in [0.25, 0.3) is 0 Å². The van der Waals surface area contributed by atoms with Crippen LogP contribution in [0.4, 0.5) is 0 Å². The molecule has 0 heterocycles. The Hall–Kier alpha value is -1.89. The Morgan fingerprint density at radius 3 is 1.97 bits per heavy atom. The number of benzene rings is 2. The first-order valence-corrected chi connectivity index (χ1v) is 11.5. The number of hydrogen-bond donors (Lipinski definition) is 0. The molecule has 0 aromatic heterocycles. The van der Waals surface area contributed by atoms with E-state index in [2.05, 4.69) is 93.5 Å². The molecule has 0 aliphatic rings. The number of carbonyl (C=O) groups excluding carboxylic acids is 1. The van der Waals surface area contributed by atoms with Gasteiger partial charge in [0.15, 0.2) is 5.78 Å². The van der Waals surface area contributed by atoms with Crippen molar-refractivity contribution in [1.82, 2.24) is 0 Å². The Bertz CT molecular complexity index is 877. The minimum Gasteiger partial charge on any atom is -0.289 e. The third kappa shape index (κ3) is 5.42. The zero-order valence-electron chi connectivity index (χ0n) is 20.9. The van der Waals surface area contributed by atoms with E-state index in [-0.39, 0.29) is 16.6 Å². The molecule has 2 aromatic rings. The maximum absolute atomic E-state index is 13.8. The Morgan fingerprint density at radius 2 is 1.43 bits per heavy atom. The van der Waals surface area contributed by atoms with E-state index in [0.717, 1.165) is 28.7 Å². The Balaban J connectivity index is 2.57. The molecular formula is C29H42O. The highest BCUT2D eigenvalue weighted by molar-refractivity contribution is 6.11. The summed E-state index contributed by atoms with van der Waals surface area (Å²) in [5.74, 6) is 1.50. The lowest BCUT2D eigenvalue weighted by molar-refractivity contribution is 0.103. The van der Waals surface area contributed by atoms with E-state index in [1.165, 1.54) is 5.56 Å². The molecule has 0 N–H and O–H groups in total. The number of rotatable bonds is 7. The zero-order valence-corrected chi connectivity index (χ0v) is 20.9. The monoisotopic (exact) mass is 406 g/mol. The third-order valence-electron chi connectivity index (χ3n) is 6.89. The van der Waals surface area contributed by atoms with E-state index < -0.39 is 0 Å². The lowest BCUT2D eigenvalue weighted by Gasteiger charge is -2.33. The molecule has 1 heteroatoms. The molecule has 0 amide bonds. The summed E-state index contributed by atoms with van der Waals surface area (Å²) in [5, 5.41) is 0. The van der Waals surface area contributed by atoms with Crippen LogP contribution in [0, 0.1) is 11.3 Å². The highest BCUT2D eigenvalue weighted by Gasteiger charge is 2.28. The smallest absolute Gasteiger partial charge is 0.193 e. The lowest BCUT2D eigenvalue weighted by Crippen LogP contribution is -2.22. The summed E-state index contributed by atoms with van der Waals surface area (Å²) in [5.41, 5.74) is 5.40. The van der Waals surface area contributed by atoms with Gasteiger partial charge in [0.1, 0.15) is 0 Å². The Labute approximate surface area is 185 Å². The van der Waals surface area contributed by atoms with E-state index in [0.29, 0.717) is 17.8 Å². The van der Waals surface area contributed by atoms with Crippen molar-refractivity contribution in [3.05, 3.63) is 70.3 Å². The highest BCUT2D eigenvalue weighted by atomic mass is 16.1. The molecule has 0 saturated carbocycles. The summed E-state index contributed by atoms with van der Waals surface area (Å²) in [6.45, 7) is 22.5. The van der Waals surface area contributed by atoms with Crippen molar-refractivity contribution in [2.45, 2.75) is 92.9 Å². The van der Waals surface area contributed by atoms with Gasteiger partial charge in [-0.2, -0.15) is 0 Å². The molecule has 2 rings (SSSR count). The average molecular weight is 407 g/mol. The quantitative estimate of drug-likeness (QED) is 0.421. The predicted octanol–water partition coefficient (Wildman–Crippen LogP) is 8.51. The fourth-order valence-corrected chi connectivity index (χ4v) is 4.21. The fraction of sp³-hybridized carbons (Fsp3) is 0.552. The fourth-order valence-electron chi connectivity index (χ4n) is 4.21. The third-order valence-corrected chi connectivity index (χ3v) is 6.89. The van der Waals surface area contributed by atoms with Crippen LogP contribution in [0.15, 0.2) is 42.5 Å². The van der Waals surface area contributed by atoms with Gasteiger partial charge < -0.3 is 0 Å². The molecule has 0 aliphatic carbocycles. The summed E-state index contributed by atoms with van der Waals surface area (Å²) in [6, 6.07) is 14.7. The van der Waals surface area contributed by atoms with Gasteiger partial charge in [0.2, 0.25) is 0 Å². The highest BCUT2D eigenvalue weighted by Crippen LogP contribution is 2.39. The van der Waals surface area contributed by atoms with Crippen molar-refractivity contribution < 1.29 is 4.79 Å². The van der Waals surface area contributed by atoms with Crippen LogP contribution in [-0.2, 0) is 5.41 Å². The summed E-state index contributed by atoms with van der Waals surface area (Å²) >= 11 is 0. The van der Waals surface area contributed by atoms with Gasteiger partial charge in [-0.15, -0.1) is 0 Å². The first kappa shape index (κ1) is 24.4. The average Bonchev–Trinajstić information content (AvgIpc) is 2.65. The standard InChI is InChI=1S/C29H42O/c1-19(2)23-13-11-12-14-24(23)27(30)25-17-22(15-16-26(25)28(6,7)8)21(5)18-29(9,10)20(3)4/h11-17,19-21H,18H2,1-10H3. The van der Waals surface area contributed by atoms with E-state index in [1.807, 2.05) is 18.2 Å². The van der Waals surface area contributed by atoms with Crippen molar-refractivity contribution in [2.75, 3.05) is 0 Å². The molecule has 0 radical (unpaired) electrons. The van der Waals surface area contributed by atoms with Crippen LogP contribution < -0.4 is 0 Å². The molecule has 0 bridgehead atoms. The normalized spacial score (nSPS) is 13.7. The summed E-state index contributed by atoms with van der Waals surface area (Å²) < 4.78 is 0. The van der Waals surface area contributed by atoms with E-state index in [4.69, 9.17) is 0 Å². The SMILES string of the molecule is CC(C)c1ccccc1C(=O)c1cc(C(C)CC(C)(C)C(C)C)ccc1C(C)(C)C. The molecule has 0 aliphatic heterocycles. The molecule has 1 atom stereocenters. The molecule has 0 spiro atoms. The second kappa shape index (κ2) is 9.08. The largest absolute Gasteiger partial charge is 0.289 e. The van der Waals surface area contributed by atoms with Crippen LogP contribution in [0.5, 0.6) is 0 Å². The summed E-state index contributed by atoms with van der Waals surface area (Å²) in [6.07, 6.45) is 1.11. The van der Waals surface area contributed by atoms with Crippen LogP contribution in [0.1, 0.15) is 120 Å². The van der Waals surface area contributed by atoms with Crippen LogP contribution >= 0.6 is 0 Å². The van der Waals surface area contributed by atoms with E-state index in [9.17, 15) is 4.79 Å². The van der Waals surface area contributed by atoms with Gasteiger partial charge in [0, 0.05) is 11.1 Å². The van der Waals surface area contributed by atoms with Gasteiger partial charge in [-0.05, 0) is 57.8 Å². The minimum absolute atomic E-state index is 0.0866. The summed E-state index contributed by atoms with van der Waals surface area (Å²) in [4.78, 5) is 13.8. The van der Waals surface area contributed by atoms with Gasteiger partial charge in [-0.25, -0.2) is 0 Å². The molecule has 2 aromatic carbocycles. The van der Waals surface area contributed by atoms with Crippen LogP contribution in [-0.4, -0.2) is 5.78 Å². The maximum Gasteiger partial charge on any atom is 0.193 e. The van der Waals surface area contributed by atoms with Crippen molar-refractivity contribution in [3.63, 3.8) is 0 Å². The first-order chi connectivity index (χ1) is 13.8. The Kier molecular flexibility index (Phi) is 7.38. The number of carbonyl (C=O) groups is 1. The number of ketones is 1. The summed E-state index contributed by atoms with van der Waals surface area (Å²) in [7, 11) is 0. The topological polar surface area (TPSA) is 17.1 Å². The molecule has 30 heavy (non-hydrogen) atoms. The molecule has 1 unspecified atom stereocenters. The van der Waals surface area contributed by atoms with Crippen LogP contribution in [0.25, 0.3) is 0 Å². The molecule has 0 saturated heterocycles. The molecular weight excluding hydrogens is 364 g/mol. The van der Waals surface area contributed by atoms with Gasteiger partial charge in [0.05, 0.1) is 0 Å². The van der Waals surface area contributed by atoms with Crippen LogP contribution in [0.2, 0.25) is 0 Å². The zero-order chi connectivity index (χ0) is 22.9. The van der Waals surface area contributed by atoms with Gasteiger partial charge >= 0.3 is 0 Å². The molecule has 1 nitrogen and oxygen atoms in total. The van der Waals surface area contributed by atoms with E-state index in [1.54, 1.807) is 0 Å². The van der Waals surface area contributed by atoms with Crippen molar-refractivity contribution in [1.29, 1.82) is 0 Å². The Morgan fingerprint density at radius 1 is 0.833 bits per heavy atom. The maximum atomic E-state index is 13.8. The predicted molar refractivity (Wildman–Crippen MR) is 131 cm³/mol. The number of hydrogen-bond acceptors (Lipinski definition) is 1. The molecule has 164 valence electrons. The lowest BCUT2D eigenvalue weighted by atomic mass is 9.72. The van der Waals surface area contributed by atoms with Crippen molar-refractivity contribution in [2.24, 2.45) is 11.3 Å². The van der Waals surface area contributed by atoms with E-state index >= 15 is 0 Å². The van der Waals surface area contributed by atoms with Crippen molar-refractivity contribution in [3.8, 4) is 0 Å². The first-order valence-electron chi connectivity index (χ1n) is 11.5. The second-order valence-electron chi connectivity index (χ2n) is 11.4. The van der Waals surface area contributed by atoms with Gasteiger partial charge in [-0.3, -0.25) is 4.79 Å². The van der Waals surface area contributed by atoms with Crippen molar-refractivity contribution >= 4 is 5.78 Å². The molecule has 0 fully saturated rings. The second-order valence-corrected chi connectivity index (χ2v) is 11.4. The van der Waals surface area contributed by atoms with Crippen LogP contribution in [0.3, 0.4) is 0 Å². The minimum atomic E-state index is -0.0866.